The van der Waals surface area contributed by atoms with Gasteiger partial charge < -0.3 is 9.32 Å². The van der Waals surface area contributed by atoms with Crippen LogP contribution >= 0.6 is 11.6 Å². The number of para-hydroxylation sites is 2. The van der Waals surface area contributed by atoms with Gasteiger partial charge in [-0.05, 0) is 62.2 Å². The number of piperidine rings is 1. The van der Waals surface area contributed by atoms with Gasteiger partial charge in [0.05, 0.1) is 11.4 Å². The molecule has 5 rings (SSSR count). The molecule has 1 aliphatic rings. The SMILES string of the molecule is Cc1nn(-c2ccc(F)cc2)c(Cl)c1C=CC(=O)N1CCC(c2nc3ccccc3o2)CC1. The van der Waals surface area contributed by atoms with Gasteiger partial charge >= 0.3 is 0 Å². The Balaban J connectivity index is 1.25. The second-order valence-electron chi connectivity index (χ2n) is 8.13. The van der Waals surface area contributed by atoms with Crippen molar-refractivity contribution in [1.82, 2.24) is 19.7 Å². The first-order valence-corrected chi connectivity index (χ1v) is 11.2. The van der Waals surface area contributed by atoms with Gasteiger partial charge in [-0.3, -0.25) is 4.79 Å². The molecule has 2 aromatic heterocycles. The lowest BCUT2D eigenvalue weighted by Crippen LogP contribution is -2.36. The number of aromatic nitrogens is 3. The zero-order valence-corrected chi connectivity index (χ0v) is 18.8. The van der Waals surface area contributed by atoms with E-state index in [9.17, 15) is 9.18 Å². The molecule has 0 aliphatic carbocycles. The molecule has 0 N–H and O–H groups in total. The largest absolute Gasteiger partial charge is 0.440 e. The number of hydrogen-bond donors (Lipinski definition) is 0. The summed E-state index contributed by atoms with van der Waals surface area (Å²) in [6.45, 7) is 3.09. The van der Waals surface area contributed by atoms with Gasteiger partial charge in [-0.2, -0.15) is 5.10 Å². The number of carbonyl (C=O) groups is 1. The van der Waals surface area contributed by atoms with E-state index in [0.29, 0.717) is 35.2 Å². The third-order valence-corrected chi connectivity index (χ3v) is 6.34. The van der Waals surface area contributed by atoms with Crippen molar-refractivity contribution in [3.8, 4) is 5.69 Å². The Kier molecular flexibility index (Phi) is 5.72. The predicted octanol–water partition coefficient (Wildman–Crippen LogP) is 5.53. The molecule has 2 aromatic carbocycles. The summed E-state index contributed by atoms with van der Waals surface area (Å²) in [4.78, 5) is 19.2. The van der Waals surface area contributed by atoms with E-state index < -0.39 is 0 Å². The number of rotatable bonds is 4. The van der Waals surface area contributed by atoms with E-state index in [1.54, 1.807) is 18.2 Å². The molecule has 0 spiro atoms. The lowest BCUT2D eigenvalue weighted by molar-refractivity contribution is -0.127. The van der Waals surface area contributed by atoms with Gasteiger partial charge in [0, 0.05) is 30.6 Å². The molecular weight excluding hydrogens is 443 g/mol. The molecular formula is C25H22ClFN4O2. The fourth-order valence-corrected chi connectivity index (χ4v) is 4.46. The first-order chi connectivity index (χ1) is 16.0. The van der Waals surface area contributed by atoms with Crippen molar-refractivity contribution in [2.24, 2.45) is 0 Å². The molecule has 0 atom stereocenters. The second-order valence-corrected chi connectivity index (χ2v) is 8.49. The van der Waals surface area contributed by atoms with Crippen LogP contribution < -0.4 is 0 Å². The number of carbonyl (C=O) groups excluding carboxylic acids is 1. The van der Waals surface area contributed by atoms with Gasteiger partial charge in [-0.15, -0.1) is 0 Å². The number of benzene rings is 2. The highest BCUT2D eigenvalue weighted by molar-refractivity contribution is 6.31. The highest BCUT2D eigenvalue weighted by Gasteiger charge is 2.26. The van der Waals surface area contributed by atoms with Crippen LogP contribution in [0.2, 0.25) is 5.15 Å². The first-order valence-electron chi connectivity index (χ1n) is 10.8. The Morgan fingerprint density at radius 2 is 1.88 bits per heavy atom. The van der Waals surface area contributed by atoms with Gasteiger partial charge in [-0.1, -0.05) is 23.7 Å². The lowest BCUT2D eigenvalue weighted by atomic mass is 9.96. The van der Waals surface area contributed by atoms with Crippen LogP contribution in [-0.4, -0.2) is 38.7 Å². The van der Waals surface area contributed by atoms with E-state index in [4.69, 9.17) is 16.0 Å². The Hall–Kier alpha value is -3.45. The summed E-state index contributed by atoms with van der Waals surface area (Å²) < 4.78 is 20.7. The monoisotopic (exact) mass is 464 g/mol. The molecule has 1 amide bonds. The summed E-state index contributed by atoms with van der Waals surface area (Å²) in [6, 6.07) is 13.7. The van der Waals surface area contributed by atoms with Gasteiger partial charge in [0.25, 0.3) is 0 Å². The number of nitrogens with zero attached hydrogens (tertiary/aromatic N) is 4. The van der Waals surface area contributed by atoms with E-state index in [1.807, 2.05) is 36.1 Å². The molecule has 168 valence electrons. The topological polar surface area (TPSA) is 64.2 Å². The Morgan fingerprint density at radius 1 is 1.15 bits per heavy atom. The zero-order valence-electron chi connectivity index (χ0n) is 18.0. The highest BCUT2D eigenvalue weighted by atomic mass is 35.5. The van der Waals surface area contributed by atoms with Gasteiger partial charge in [0.15, 0.2) is 11.5 Å². The molecule has 1 aliphatic heterocycles. The van der Waals surface area contributed by atoms with Crippen LogP contribution in [0, 0.1) is 12.7 Å². The standard InChI is InChI=1S/C25H22ClFN4O2/c1-16-20(24(26)31(29-16)19-8-6-18(27)7-9-19)10-11-23(32)30-14-12-17(13-15-30)25-28-21-4-2-3-5-22(21)33-25/h2-11,17H,12-15H2,1H3. The molecule has 0 bridgehead atoms. The summed E-state index contributed by atoms with van der Waals surface area (Å²) in [5, 5.41) is 4.80. The van der Waals surface area contributed by atoms with Gasteiger partial charge in [0.2, 0.25) is 5.91 Å². The van der Waals surface area contributed by atoms with Gasteiger partial charge in [0.1, 0.15) is 16.5 Å². The minimum Gasteiger partial charge on any atom is -0.440 e. The third kappa shape index (κ3) is 4.28. The zero-order chi connectivity index (χ0) is 22.9. The van der Waals surface area contributed by atoms with Crippen LogP contribution in [0.15, 0.2) is 59.0 Å². The number of aryl methyl sites for hydroxylation is 1. The van der Waals surface area contributed by atoms with Crippen LogP contribution in [0.4, 0.5) is 4.39 Å². The quantitative estimate of drug-likeness (QED) is 0.372. The summed E-state index contributed by atoms with van der Waals surface area (Å²) in [6.07, 6.45) is 4.83. The maximum absolute atomic E-state index is 13.2. The number of likely N-dealkylation sites (tertiary alicyclic amines) is 1. The van der Waals surface area contributed by atoms with Crippen molar-refractivity contribution < 1.29 is 13.6 Å². The Bertz CT molecular complexity index is 1300. The fourth-order valence-electron chi connectivity index (χ4n) is 4.13. The number of oxazole rings is 1. The normalized spacial score (nSPS) is 15.1. The van der Waals surface area contributed by atoms with Crippen molar-refractivity contribution >= 4 is 34.7 Å². The maximum atomic E-state index is 13.2. The maximum Gasteiger partial charge on any atom is 0.246 e. The van der Waals surface area contributed by atoms with E-state index in [-0.39, 0.29) is 17.6 Å². The summed E-state index contributed by atoms with van der Waals surface area (Å²) in [7, 11) is 0. The van der Waals surface area contributed by atoms with Crippen LogP contribution in [0.25, 0.3) is 22.9 Å². The summed E-state index contributed by atoms with van der Waals surface area (Å²) >= 11 is 6.51. The molecule has 1 saturated heterocycles. The minimum atomic E-state index is -0.329. The summed E-state index contributed by atoms with van der Waals surface area (Å²) in [5.41, 5.74) is 3.65. The number of hydrogen-bond acceptors (Lipinski definition) is 4. The van der Waals surface area contributed by atoms with Crippen molar-refractivity contribution in [3.63, 3.8) is 0 Å². The first kappa shape index (κ1) is 21.4. The molecule has 4 aromatic rings. The third-order valence-electron chi connectivity index (χ3n) is 5.98. The molecule has 3 heterocycles. The number of halogens is 2. The minimum absolute atomic E-state index is 0.0731. The van der Waals surface area contributed by atoms with Crippen LogP contribution in [0.3, 0.4) is 0 Å². The average Bonchev–Trinajstić information content (AvgIpc) is 3.39. The average molecular weight is 465 g/mol. The van der Waals surface area contributed by atoms with Crippen molar-refractivity contribution in [2.45, 2.75) is 25.7 Å². The van der Waals surface area contributed by atoms with Crippen molar-refractivity contribution in [3.05, 3.63) is 82.7 Å². The molecule has 33 heavy (non-hydrogen) atoms. The molecule has 0 radical (unpaired) electrons. The van der Waals surface area contributed by atoms with Crippen LogP contribution in [0.5, 0.6) is 0 Å². The number of fused-ring (bicyclic) bond motifs is 1. The molecule has 6 nitrogen and oxygen atoms in total. The fraction of sp³-hybridized carbons (Fsp3) is 0.240. The van der Waals surface area contributed by atoms with Crippen LogP contribution in [-0.2, 0) is 4.79 Å². The second kappa shape index (κ2) is 8.83. The van der Waals surface area contributed by atoms with E-state index in [0.717, 1.165) is 29.8 Å². The number of amides is 1. The Morgan fingerprint density at radius 3 is 2.61 bits per heavy atom. The molecule has 1 fully saturated rings. The molecule has 0 saturated carbocycles. The predicted molar refractivity (Wildman–Crippen MR) is 125 cm³/mol. The molecule has 8 heteroatoms. The van der Waals surface area contributed by atoms with Crippen molar-refractivity contribution in [1.29, 1.82) is 0 Å². The lowest BCUT2D eigenvalue weighted by Gasteiger charge is -2.29. The van der Waals surface area contributed by atoms with Crippen LogP contribution in [0.1, 0.15) is 35.9 Å². The molecule has 0 unspecified atom stereocenters. The van der Waals surface area contributed by atoms with Gasteiger partial charge in [-0.25, -0.2) is 14.1 Å². The Labute approximate surface area is 195 Å². The smallest absolute Gasteiger partial charge is 0.246 e. The highest BCUT2D eigenvalue weighted by Crippen LogP contribution is 2.30. The van der Waals surface area contributed by atoms with E-state index in [2.05, 4.69) is 10.1 Å². The van der Waals surface area contributed by atoms with E-state index in [1.165, 1.54) is 22.9 Å². The summed E-state index contributed by atoms with van der Waals surface area (Å²) in [5.74, 6) is 0.547. The van der Waals surface area contributed by atoms with E-state index >= 15 is 0 Å². The van der Waals surface area contributed by atoms with Crippen molar-refractivity contribution in [2.75, 3.05) is 13.1 Å².